The molecule has 0 bridgehead atoms. The van der Waals surface area contributed by atoms with Gasteiger partial charge in [0, 0.05) is 17.7 Å². The van der Waals surface area contributed by atoms with Crippen LogP contribution in [-0.4, -0.2) is 51.5 Å². The average Bonchev–Trinajstić information content (AvgIpc) is 2.95. The van der Waals surface area contributed by atoms with Crippen LogP contribution in [0.1, 0.15) is 16.7 Å². The first-order chi connectivity index (χ1) is 18.8. The highest BCUT2D eigenvalue weighted by atomic mass is 16.6. The Morgan fingerprint density at radius 1 is 0.795 bits per heavy atom. The molecule has 11 nitrogen and oxygen atoms in total. The van der Waals surface area contributed by atoms with Crippen LogP contribution in [0.5, 0.6) is 34.5 Å². The Bertz CT molecular complexity index is 1410. The first kappa shape index (κ1) is 28.4. The second kappa shape index (κ2) is 12.9. The van der Waals surface area contributed by atoms with Crippen molar-refractivity contribution in [2.24, 2.45) is 0 Å². The normalized spacial score (nSPS) is 10.9. The summed E-state index contributed by atoms with van der Waals surface area (Å²) in [5, 5.41) is 24.7. The number of methoxy groups -OCH3 is 5. The van der Waals surface area contributed by atoms with E-state index in [1.54, 1.807) is 42.5 Å². The number of amides is 1. The van der Waals surface area contributed by atoms with Gasteiger partial charge in [0.05, 0.1) is 46.2 Å². The second-order valence-corrected chi connectivity index (χ2v) is 7.88. The van der Waals surface area contributed by atoms with E-state index in [1.807, 2.05) is 0 Å². The van der Waals surface area contributed by atoms with Gasteiger partial charge in [0.2, 0.25) is 11.7 Å². The van der Waals surface area contributed by atoms with E-state index in [2.05, 4.69) is 5.32 Å². The van der Waals surface area contributed by atoms with Crippen molar-refractivity contribution >= 4 is 35.5 Å². The highest BCUT2D eigenvalue weighted by molar-refractivity contribution is 6.04. The van der Waals surface area contributed by atoms with Crippen LogP contribution < -0.4 is 29.0 Å². The van der Waals surface area contributed by atoms with Gasteiger partial charge in [0.1, 0.15) is 0 Å². The smallest absolute Gasteiger partial charge is 0.311 e. The van der Waals surface area contributed by atoms with E-state index < -0.39 is 10.8 Å². The van der Waals surface area contributed by atoms with E-state index in [-0.39, 0.29) is 28.6 Å². The summed E-state index contributed by atoms with van der Waals surface area (Å²) in [5.74, 6) is 0.779. The zero-order chi connectivity index (χ0) is 28.5. The lowest BCUT2D eigenvalue weighted by atomic mass is 10.1. The van der Waals surface area contributed by atoms with Crippen LogP contribution in [-0.2, 0) is 4.79 Å². The molecule has 0 saturated carbocycles. The highest BCUT2D eigenvalue weighted by Crippen LogP contribution is 2.40. The number of nitrogens with one attached hydrogen (secondary N) is 1. The van der Waals surface area contributed by atoms with Crippen molar-refractivity contribution in [2.45, 2.75) is 0 Å². The lowest BCUT2D eigenvalue weighted by Crippen LogP contribution is -2.09. The number of nitro benzene ring substituents is 1. The van der Waals surface area contributed by atoms with Crippen molar-refractivity contribution in [1.82, 2.24) is 0 Å². The maximum absolute atomic E-state index is 12.8. The third-order valence-corrected chi connectivity index (χ3v) is 5.61. The lowest BCUT2D eigenvalue weighted by molar-refractivity contribution is -0.385. The van der Waals surface area contributed by atoms with Gasteiger partial charge in [-0.2, -0.15) is 0 Å². The van der Waals surface area contributed by atoms with Gasteiger partial charge in [-0.15, -0.1) is 0 Å². The van der Waals surface area contributed by atoms with Crippen molar-refractivity contribution in [1.29, 1.82) is 0 Å². The number of aromatic hydroxyl groups is 1. The minimum absolute atomic E-state index is 0.103. The fourth-order valence-electron chi connectivity index (χ4n) is 3.70. The maximum atomic E-state index is 12.8. The number of phenolic OH excluding ortho intramolecular Hbond substituents is 1. The van der Waals surface area contributed by atoms with Crippen LogP contribution in [0.2, 0.25) is 0 Å². The predicted octanol–water partition coefficient (Wildman–Crippen LogP) is 5.17. The number of benzene rings is 3. The molecule has 0 unspecified atom stereocenters. The fourth-order valence-corrected chi connectivity index (χ4v) is 3.70. The molecule has 0 aromatic heterocycles. The topological polar surface area (TPSA) is 139 Å². The summed E-state index contributed by atoms with van der Waals surface area (Å²) in [5.41, 5.74) is 1.47. The molecule has 0 radical (unpaired) electrons. The number of carbonyl (C=O) groups excluding carboxylic acids is 1. The van der Waals surface area contributed by atoms with Gasteiger partial charge in [-0.25, -0.2) is 0 Å². The summed E-state index contributed by atoms with van der Waals surface area (Å²) in [6.45, 7) is 0. The number of nitro groups is 1. The Morgan fingerprint density at radius 3 is 1.97 bits per heavy atom. The Balaban J connectivity index is 1.92. The number of hydrogen-bond acceptors (Lipinski definition) is 9. The Morgan fingerprint density at radius 2 is 1.41 bits per heavy atom. The summed E-state index contributed by atoms with van der Waals surface area (Å²) < 4.78 is 26.3. The van der Waals surface area contributed by atoms with Gasteiger partial charge in [-0.1, -0.05) is 18.2 Å². The van der Waals surface area contributed by atoms with Gasteiger partial charge >= 0.3 is 5.69 Å². The van der Waals surface area contributed by atoms with Crippen molar-refractivity contribution < 1.29 is 38.5 Å². The van der Waals surface area contributed by atoms with E-state index >= 15 is 0 Å². The van der Waals surface area contributed by atoms with Gasteiger partial charge in [-0.05, 0) is 47.5 Å². The summed E-state index contributed by atoms with van der Waals surface area (Å²) in [4.78, 5) is 23.5. The molecular formula is C28H28N2O9. The van der Waals surface area contributed by atoms with E-state index in [9.17, 15) is 20.0 Å². The van der Waals surface area contributed by atoms with Crippen molar-refractivity contribution in [3.63, 3.8) is 0 Å². The van der Waals surface area contributed by atoms with Crippen LogP contribution in [0.3, 0.4) is 0 Å². The van der Waals surface area contributed by atoms with E-state index in [4.69, 9.17) is 23.7 Å². The van der Waals surface area contributed by atoms with E-state index in [0.29, 0.717) is 33.9 Å². The Hall–Kier alpha value is -5.19. The lowest BCUT2D eigenvalue weighted by Gasteiger charge is -2.14. The molecule has 11 heteroatoms. The maximum Gasteiger partial charge on any atom is 0.311 e. The molecule has 0 aliphatic carbocycles. The molecule has 0 fully saturated rings. The monoisotopic (exact) mass is 536 g/mol. The molecule has 3 rings (SSSR count). The number of nitrogens with zero attached hydrogens (tertiary/aromatic N) is 1. The number of rotatable bonds is 11. The van der Waals surface area contributed by atoms with Crippen LogP contribution in [0.25, 0.3) is 18.2 Å². The van der Waals surface area contributed by atoms with E-state index in [0.717, 1.165) is 0 Å². The van der Waals surface area contributed by atoms with Gasteiger partial charge in [0.15, 0.2) is 28.7 Å². The number of anilines is 1. The minimum Gasteiger partial charge on any atom is -0.503 e. The molecule has 39 heavy (non-hydrogen) atoms. The average molecular weight is 537 g/mol. The molecule has 0 saturated heterocycles. The van der Waals surface area contributed by atoms with Crippen molar-refractivity contribution in [3.8, 4) is 34.5 Å². The molecule has 204 valence electrons. The number of ether oxygens (including phenoxy) is 5. The SMILES string of the molecule is COc1ccc(/C=C/C(=O)Nc2c(C=Cc3cc(OC)c(OC)c(OC)c3)ccc(OC)c2O)cc1[N+](=O)[O-]. The minimum atomic E-state index is -0.584. The van der Waals surface area contributed by atoms with Crippen LogP contribution in [0, 0.1) is 10.1 Å². The summed E-state index contributed by atoms with van der Waals surface area (Å²) >= 11 is 0. The Labute approximate surface area is 225 Å². The highest BCUT2D eigenvalue weighted by Gasteiger charge is 2.16. The standard InChI is InChI=1S/C28H28N2O9/c1-35-21-11-7-17(14-20(21)30(33)34)8-13-25(31)29-26-19(10-12-22(36-2)27(26)32)9-6-18-15-23(37-3)28(39-5)24(16-18)38-4/h6-16,32H,1-5H3,(H,29,31)/b9-6?,13-8+. The molecule has 2 N–H and O–H groups in total. The summed E-state index contributed by atoms with van der Waals surface area (Å²) in [7, 11) is 7.26. The van der Waals surface area contributed by atoms with Crippen molar-refractivity contribution in [3.05, 3.63) is 75.3 Å². The summed E-state index contributed by atoms with van der Waals surface area (Å²) in [6, 6.07) is 11.0. The molecule has 3 aromatic rings. The molecule has 0 atom stereocenters. The zero-order valence-corrected chi connectivity index (χ0v) is 22.0. The van der Waals surface area contributed by atoms with Crippen LogP contribution in [0.4, 0.5) is 11.4 Å². The molecule has 0 aliphatic heterocycles. The number of carbonyl (C=O) groups is 1. The largest absolute Gasteiger partial charge is 0.503 e. The molecule has 0 heterocycles. The van der Waals surface area contributed by atoms with Gasteiger partial charge < -0.3 is 34.1 Å². The second-order valence-electron chi connectivity index (χ2n) is 7.88. The third kappa shape index (κ3) is 6.58. The quantitative estimate of drug-likeness (QED) is 0.112. The van der Waals surface area contributed by atoms with Crippen LogP contribution in [0.15, 0.2) is 48.5 Å². The van der Waals surface area contributed by atoms with Crippen LogP contribution >= 0.6 is 0 Å². The Kier molecular flexibility index (Phi) is 9.36. The molecule has 0 aliphatic rings. The number of hydrogen-bond donors (Lipinski definition) is 2. The van der Waals surface area contributed by atoms with Gasteiger partial charge in [-0.3, -0.25) is 14.9 Å². The molecular weight excluding hydrogens is 508 g/mol. The van der Waals surface area contributed by atoms with E-state index in [1.165, 1.54) is 59.8 Å². The van der Waals surface area contributed by atoms with Gasteiger partial charge in [0.25, 0.3) is 0 Å². The zero-order valence-electron chi connectivity index (χ0n) is 22.0. The fraction of sp³-hybridized carbons (Fsp3) is 0.179. The third-order valence-electron chi connectivity index (χ3n) is 5.61. The molecule has 0 spiro atoms. The van der Waals surface area contributed by atoms with Crippen molar-refractivity contribution in [2.75, 3.05) is 40.9 Å². The predicted molar refractivity (Wildman–Crippen MR) is 147 cm³/mol. The summed E-state index contributed by atoms with van der Waals surface area (Å²) in [6.07, 6.45) is 6.03. The molecule has 3 aromatic carbocycles. The molecule has 1 amide bonds. The first-order valence-corrected chi connectivity index (χ1v) is 11.5. The number of phenols is 1. The first-order valence-electron chi connectivity index (χ1n) is 11.5.